The summed E-state index contributed by atoms with van der Waals surface area (Å²) < 4.78 is 7.11. The van der Waals surface area contributed by atoms with E-state index in [2.05, 4.69) is 28.5 Å². The van der Waals surface area contributed by atoms with E-state index in [1.807, 2.05) is 35.9 Å². The molecule has 2 aromatic heterocycles. The van der Waals surface area contributed by atoms with Gasteiger partial charge >= 0.3 is 0 Å². The van der Waals surface area contributed by atoms with Gasteiger partial charge in [0.25, 0.3) is 0 Å². The number of methoxy groups -OCH3 is 1. The molecule has 0 saturated heterocycles. The first kappa shape index (κ1) is 22.4. The van der Waals surface area contributed by atoms with Crippen molar-refractivity contribution in [2.24, 2.45) is 13.0 Å². The zero-order valence-electron chi connectivity index (χ0n) is 18.3. The second-order valence-corrected chi connectivity index (χ2v) is 10.0. The van der Waals surface area contributed by atoms with Crippen molar-refractivity contribution in [3.63, 3.8) is 0 Å². The smallest absolute Gasteiger partial charge is 0.235 e. The molecule has 4 rings (SSSR count). The molecular weight excluding hydrogens is 442 g/mol. The van der Waals surface area contributed by atoms with Crippen LogP contribution in [-0.2, 0) is 31.1 Å². The maximum absolute atomic E-state index is 12.6. The van der Waals surface area contributed by atoms with Crippen LogP contribution < -0.4 is 10.1 Å². The number of rotatable bonds is 7. The van der Waals surface area contributed by atoms with Crippen LogP contribution in [0.4, 0.5) is 5.00 Å². The molecular formula is C23H25N5O2S2. The normalized spacial score (nSPS) is 15.1. The minimum Gasteiger partial charge on any atom is -0.497 e. The number of benzene rings is 1. The number of carbonyl (C=O) groups is 1. The van der Waals surface area contributed by atoms with Gasteiger partial charge in [0.2, 0.25) is 5.91 Å². The Labute approximate surface area is 195 Å². The van der Waals surface area contributed by atoms with Gasteiger partial charge in [0.1, 0.15) is 22.6 Å². The molecule has 1 aliphatic rings. The Morgan fingerprint density at radius 3 is 2.88 bits per heavy atom. The first-order chi connectivity index (χ1) is 15.5. The summed E-state index contributed by atoms with van der Waals surface area (Å²) in [5.74, 6) is 2.32. The lowest BCUT2D eigenvalue weighted by atomic mass is 9.89. The lowest BCUT2D eigenvalue weighted by Gasteiger charge is -2.17. The molecule has 3 aromatic rings. The monoisotopic (exact) mass is 467 g/mol. The van der Waals surface area contributed by atoms with Crippen molar-refractivity contribution in [3.8, 4) is 11.8 Å². The van der Waals surface area contributed by atoms with Gasteiger partial charge in [0.05, 0.1) is 18.4 Å². The molecule has 32 heavy (non-hydrogen) atoms. The van der Waals surface area contributed by atoms with Crippen LogP contribution in [0.25, 0.3) is 0 Å². The predicted molar refractivity (Wildman–Crippen MR) is 126 cm³/mol. The van der Waals surface area contributed by atoms with Gasteiger partial charge in [0.15, 0.2) is 5.16 Å². The number of nitrogens with zero attached hydrogens (tertiary/aromatic N) is 4. The first-order valence-corrected chi connectivity index (χ1v) is 12.3. The zero-order chi connectivity index (χ0) is 22.7. The molecule has 1 amide bonds. The van der Waals surface area contributed by atoms with Crippen molar-refractivity contribution < 1.29 is 9.53 Å². The fraction of sp³-hybridized carbons (Fsp3) is 0.391. The zero-order valence-corrected chi connectivity index (χ0v) is 20.0. The highest BCUT2D eigenvalue weighted by Crippen LogP contribution is 2.39. The van der Waals surface area contributed by atoms with Gasteiger partial charge in [-0.05, 0) is 48.4 Å². The highest BCUT2D eigenvalue weighted by atomic mass is 32.2. The molecule has 166 valence electrons. The van der Waals surface area contributed by atoms with Gasteiger partial charge in [-0.2, -0.15) is 5.26 Å². The van der Waals surface area contributed by atoms with Crippen molar-refractivity contribution in [3.05, 3.63) is 51.7 Å². The van der Waals surface area contributed by atoms with Crippen LogP contribution in [0, 0.1) is 17.2 Å². The van der Waals surface area contributed by atoms with E-state index in [0.29, 0.717) is 28.1 Å². The maximum atomic E-state index is 12.6. The van der Waals surface area contributed by atoms with Crippen LogP contribution in [0.15, 0.2) is 29.4 Å². The number of hydrogen-bond acceptors (Lipinski definition) is 7. The Morgan fingerprint density at radius 1 is 1.38 bits per heavy atom. The average molecular weight is 468 g/mol. The number of thioether (sulfide) groups is 1. The van der Waals surface area contributed by atoms with Crippen LogP contribution in [0.3, 0.4) is 0 Å². The van der Waals surface area contributed by atoms with Crippen molar-refractivity contribution in [1.29, 1.82) is 5.26 Å². The average Bonchev–Trinajstić information content (AvgIpc) is 3.31. The third-order valence-electron chi connectivity index (χ3n) is 5.66. The fourth-order valence-corrected chi connectivity index (χ4v) is 5.91. The second-order valence-electron chi connectivity index (χ2n) is 7.99. The van der Waals surface area contributed by atoms with E-state index in [4.69, 9.17) is 4.74 Å². The molecule has 2 heterocycles. The Bertz CT molecular complexity index is 1160. The molecule has 0 fully saturated rings. The summed E-state index contributed by atoms with van der Waals surface area (Å²) in [7, 11) is 3.55. The quantitative estimate of drug-likeness (QED) is 0.524. The fourth-order valence-electron chi connectivity index (χ4n) is 3.80. The summed E-state index contributed by atoms with van der Waals surface area (Å²) in [5, 5.41) is 22.4. The summed E-state index contributed by atoms with van der Waals surface area (Å²) in [6, 6.07) is 10.1. The van der Waals surface area contributed by atoms with Crippen LogP contribution in [0.1, 0.15) is 40.7 Å². The molecule has 0 radical (unpaired) electrons. The van der Waals surface area contributed by atoms with Gasteiger partial charge < -0.3 is 14.6 Å². The molecule has 0 spiro atoms. The lowest BCUT2D eigenvalue weighted by molar-refractivity contribution is -0.113. The van der Waals surface area contributed by atoms with E-state index in [-0.39, 0.29) is 11.7 Å². The Kier molecular flexibility index (Phi) is 6.82. The van der Waals surface area contributed by atoms with E-state index in [0.717, 1.165) is 42.0 Å². The maximum Gasteiger partial charge on any atom is 0.235 e. The SMILES string of the molecule is COc1ccc(Cc2nnc(SCC(=O)Nc3sc4c(c3C#N)CCC(C)C4)n2C)cc1. The summed E-state index contributed by atoms with van der Waals surface area (Å²) in [5.41, 5.74) is 2.86. The number of aromatic nitrogens is 3. The highest BCUT2D eigenvalue weighted by molar-refractivity contribution is 7.99. The largest absolute Gasteiger partial charge is 0.497 e. The van der Waals surface area contributed by atoms with Gasteiger partial charge in [0, 0.05) is 18.3 Å². The van der Waals surface area contributed by atoms with E-state index in [1.165, 1.54) is 16.6 Å². The van der Waals surface area contributed by atoms with Gasteiger partial charge in [-0.25, -0.2) is 0 Å². The molecule has 1 aromatic carbocycles. The van der Waals surface area contributed by atoms with Gasteiger partial charge in [-0.15, -0.1) is 21.5 Å². The van der Waals surface area contributed by atoms with Crippen LogP contribution in [0.2, 0.25) is 0 Å². The van der Waals surface area contributed by atoms with Crippen molar-refractivity contribution in [2.45, 2.75) is 37.8 Å². The number of amides is 1. The third kappa shape index (κ3) is 4.81. The number of nitriles is 1. The lowest BCUT2D eigenvalue weighted by Crippen LogP contribution is -2.14. The Balaban J connectivity index is 1.37. The van der Waals surface area contributed by atoms with Crippen LogP contribution in [-0.4, -0.2) is 33.5 Å². The van der Waals surface area contributed by atoms with Crippen molar-refractivity contribution in [1.82, 2.24) is 14.8 Å². The molecule has 1 unspecified atom stereocenters. The van der Waals surface area contributed by atoms with E-state index in [9.17, 15) is 10.1 Å². The van der Waals surface area contributed by atoms with E-state index in [1.54, 1.807) is 18.4 Å². The number of ether oxygens (including phenoxy) is 1. The molecule has 1 N–H and O–H groups in total. The molecule has 0 saturated carbocycles. The summed E-state index contributed by atoms with van der Waals surface area (Å²) in [6.07, 6.45) is 3.63. The van der Waals surface area contributed by atoms with Gasteiger partial charge in [-0.1, -0.05) is 30.8 Å². The molecule has 1 atom stereocenters. The first-order valence-electron chi connectivity index (χ1n) is 10.5. The summed E-state index contributed by atoms with van der Waals surface area (Å²) >= 11 is 2.89. The van der Waals surface area contributed by atoms with Crippen molar-refractivity contribution in [2.75, 3.05) is 18.2 Å². The number of fused-ring (bicyclic) bond motifs is 1. The Hall–Kier alpha value is -2.83. The number of thiophene rings is 1. The molecule has 7 nitrogen and oxygen atoms in total. The van der Waals surface area contributed by atoms with E-state index >= 15 is 0 Å². The highest BCUT2D eigenvalue weighted by Gasteiger charge is 2.24. The predicted octanol–water partition coefficient (Wildman–Crippen LogP) is 4.20. The molecule has 9 heteroatoms. The summed E-state index contributed by atoms with van der Waals surface area (Å²) in [4.78, 5) is 13.8. The number of anilines is 1. The number of hydrogen-bond donors (Lipinski definition) is 1. The van der Waals surface area contributed by atoms with Crippen LogP contribution in [0.5, 0.6) is 5.75 Å². The Morgan fingerprint density at radius 2 is 2.16 bits per heavy atom. The minimum atomic E-state index is -0.141. The molecule has 1 aliphatic carbocycles. The second kappa shape index (κ2) is 9.76. The summed E-state index contributed by atoms with van der Waals surface area (Å²) in [6.45, 7) is 2.23. The third-order valence-corrected chi connectivity index (χ3v) is 7.85. The standard InChI is InChI=1S/C23H25N5O2S2/c1-14-4-9-17-18(12-24)22(32-19(17)10-14)25-21(29)13-31-23-27-26-20(28(23)2)11-15-5-7-16(30-3)8-6-15/h5-8,14H,4,9-11,13H2,1-3H3,(H,25,29). The molecule has 0 bridgehead atoms. The topological polar surface area (TPSA) is 92.8 Å². The minimum absolute atomic E-state index is 0.141. The van der Waals surface area contributed by atoms with Crippen molar-refractivity contribution >= 4 is 34.0 Å². The van der Waals surface area contributed by atoms with Crippen LogP contribution >= 0.6 is 23.1 Å². The molecule has 0 aliphatic heterocycles. The number of carbonyl (C=O) groups excluding carboxylic acids is 1. The van der Waals surface area contributed by atoms with E-state index < -0.39 is 0 Å². The van der Waals surface area contributed by atoms with Gasteiger partial charge in [-0.3, -0.25) is 4.79 Å². The number of nitrogens with one attached hydrogen (secondary N) is 1.